The van der Waals surface area contributed by atoms with Gasteiger partial charge in [-0.25, -0.2) is 4.79 Å². The minimum Gasteiger partial charge on any atom is -0.461 e. The molecule has 11 heteroatoms. The van der Waals surface area contributed by atoms with Crippen molar-refractivity contribution in [3.63, 3.8) is 0 Å². The van der Waals surface area contributed by atoms with Gasteiger partial charge in [-0.3, -0.25) is 19.2 Å². The van der Waals surface area contributed by atoms with E-state index in [1.54, 1.807) is 27.7 Å². The van der Waals surface area contributed by atoms with Crippen molar-refractivity contribution in [3.8, 4) is 0 Å². The van der Waals surface area contributed by atoms with Gasteiger partial charge < -0.3 is 31.2 Å². The Labute approximate surface area is 237 Å². The van der Waals surface area contributed by atoms with Crippen molar-refractivity contribution in [3.05, 3.63) is 35.9 Å². The molecule has 5 N–H and O–H groups in total. The second-order valence-corrected chi connectivity index (χ2v) is 11.3. The molecular weight excluding hydrogens is 516 g/mol. The third-order valence-corrected chi connectivity index (χ3v) is 6.05. The first-order valence-electron chi connectivity index (χ1n) is 13.7. The van der Waals surface area contributed by atoms with E-state index in [0.717, 1.165) is 5.56 Å². The number of carbonyl (C=O) groups is 5. The number of nitrogens with one attached hydrogen (secondary N) is 3. The van der Waals surface area contributed by atoms with E-state index in [2.05, 4.69) is 16.0 Å². The number of amides is 4. The summed E-state index contributed by atoms with van der Waals surface area (Å²) in [7, 11) is 0. The van der Waals surface area contributed by atoms with E-state index < -0.39 is 53.5 Å². The topological polar surface area (TPSA) is 166 Å². The number of rotatable bonds is 15. The number of primary amides is 1. The van der Waals surface area contributed by atoms with Gasteiger partial charge >= 0.3 is 12.1 Å². The molecule has 4 atom stereocenters. The van der Waals surface area contributed by atoms with E-state index in [9.17, 15) is 24.0 Å². The standard InChI is InChI=1S/C29H46N4O7/c1-8-19(4)24(33-28(38)40-29(5,6)7)27(37)32-22(16-18(2)3)26(36)31-21(25(30)35)14-15-23(34)39-17-20-12-10-9-11-13-20/h9-13,18-19,21-22,24H,8,14-17H2,1-7H3,(H2,30,35)(H,31,36)(H,32,37)(H,33,38)/t19-,21+,22+,24-/m0/s1. The van der Waals surface area contributed by atoms with E-state index in [1.807, 2.05) is 51.1 Å². The number of carbonyl (C=O) groups excluding carboxylic acids is 5. The Kier molecular flexibility index (Phi) is 14.2. The molecule has 0 aliphatic rings. The van der Waals surface area contributed by atoms with Gasteiger partial charge in [0.25, 0.3) is 0 Å². The Balaban J connectivity index is 2.87. The molecule has 40 heavy (non-hydrogen) atoms. The highest BCUT2D eigenvalue weighted by atomic mass is 16.6. The van der Waals surface area contributed by atoms with Crippen LogP contribution in [0.25, 0.3) is 0 Å². The fraction of sp³-hybridized carbons (Fsp3) is 0.621. The first-order chi connectivity index (χ1) is 18.6. The van der Waals surface area contributed by atoms with Gasteiger partial charge in [0, 0.05) is 6.42 Å². The lowest BCUT2D eigenvalue weighted by Gasteiger charge is -2.29. The predicted molar refractivity (Wildman–Crippen MR) is 151 cm³/mol. The van der Waals surface area contributed by atoms with Crippen LogP contribution in [0.4, 0.5) is 4.79 Å². The molecular formula is C29H46N4O7. The summed E-state index contributed by atoms with van der Waals surface area (Å²) >= 11 is 0. The minimum atomic E-state index is -1.14. The SMILES string of the molecule is CC[C@H](C)[C@H](NC(=O)OC(C)(C)C)C(=O)N[C@H](CC(C)C)C(=O)N[C@H](CCC(=O)OCc1ccccc1)C(N)=O. The number of alkyl carbamates (subject to hydrolysis) is 1. The zero-order chi connectivity index (χ0) is 30.5. The molecule has 1 aromatic rings. The van der Waals surface area contributed by atoms with Crippen molar-refractivity contribution >= 4 is 29.8 Å². The number of ether oxygens (including phenoxy) is 2. The van der Waals surface area contributed by atoms with Crippen LogP contribution in [0.1, 0.15) is 79.7 Å². The summed E-state index contributed by atoms with van der Waals surface area (Å²) < 4.78 is 10.5. The first-order valence-corrected chi connectivity index (χ1v) is 13.7. The molecule has 0 unspecified atom stereocenters. The number of esters is 1. The average molecular weight is 563 g/mol. The summed E-state index contributed by atoms with van der Waals surface area (Å²) in [5.41, 5.74) is 5.56. The molecule has 0 spiro atoms. The quantitative estimate of drug-likeness (QED) is 0.239. The normalized spacial score (nSPS) is 14.3. The molecule has 0 fully saturated rings. The van der Waals surface area contributed by atoms with Crippen molar-refractivity contribution in [1.29, 1.82) is 0 Å². The molecule has 0 radical (unpaired) electrons. The molecule has 224 valence electrons. The molecule has 0 heterocycles. The third-order valence-electron chi connectivity index (χ3n) is 6.05. The van der Waals surface area contributed by atoms with Crippen LogP contribution in [0.2, 0.25) is 0 Å². The maximum Gasteiger partial charge on any atom is 0.408 e. The van der Waals surface area contributed by atoms with Crippen LogP contribution in [0.5, 0.6) is 0 Å². The van der Waals surface area contributed by atoms with E-state index in [1.165, 1.54) is 0 Å². The van der Waals surface area contributed by atoms with E-state index in [4.69, 9.17) is 15.2 Å². The Morgan fingerprint density at radius 2 is 1.50 bits per heavy atom. The summed E-state index contributed by atoms with van der Waals surface area (Å²) in [4.78, 5) is 63.1. The van der Waals surface area contributed by atoms with Crippen LogP contribution in [-0.2, 0) is 35.3 Å². The van der Waals surface area contributed by atoms with Crippen LogP contribution >= 0.6 is 0 Å². The van der Waals surface area contributed by atoms with Crippen molar-refractivity contribution in [2.24, 2.45) is 17.6 Å². The maximum atomic E-state index is 13.3. The molecule has 0 bridgehead atoms. The monoisotopic (exact) mass is 562 g/mol. The lowest BCUT2D eigenvalue weighted by atomic mass is 9.96. The number of nitrogens with two attached hydrogens (primary N) is 1. The summed E-state index contributed by atoms with van der Waals surface area (Å²) in [6, 6.07) is 6.03. The minimum absolute atomic E-state index is 0.0110. The Bertz CT molecular complexity index is 992. The highest BCUT2D eigenvalue weighted by Gasteiger charge is 2.32. The Hall–Kier alpha value is -3.63. The molecule has 11 nitrogen and oxygen atoms in total. The van der Waals surface area contributed by atoms with Crippen LogP contribution in [0, 0.1) is 11.8 Å². The maximum absolute atomic E-state index is 13.3. The highest BCUT2D eigenvalue weighted by molar-refractivity contribution is 5.93. The largest absolute Gasteiger partial charge is 0.461 e. The summed E-state index contributed by atoms with van der Waals surface area (Å²) in [6.45, 7) is 12.7. The zero-order valence-corrected chi connectivity index (χ0v) is 24.7. The number of benzene rings is 1. The molecule has 0 saturated carbocycles. The second-order valence-electron chi connectivity index (χ2n) is 11.3. The molecule has 0 saturated heterocycles. The lowest BCUT2D eigenvalue weighted by molar-refractivity contribution is -0.145. The molecule has 0 aromatic heterocycles. The molecule has 4 amide bonds. The lowest BCUT2D eigenvalue weighted by Crippen LogP contribution is -2.58. The van der Waals surface area contributed by atoms with Crippen LogP contribution in [0.3, 0.4) is 0 Å². The van der Waals surface area contributed by atoms with Gasteiger partial charge in [0.2, 0.25) is 17.7 Å². The Morgan fingerprint density at radius 3 is 2.02 bits per heavy atom. The van der Waals surface area contributed by atoms with Gasteiger partial charge in [0.15, 0.2) is 0 Å². The highest BCUT2D eigenvalue weighted by Crippen LogP contribution is 2.13. The molecule has 1 rings (SSSR count). The van der Waals surface area contributed by atoms with Gasteiger partial charge in [-0.2, -0.15) is 0 Å². The zero-order valence-electron chi connectivity index (χ0n) is 24.7. The molecule has 0 aliphatic heterocycles. The van der Waals surface area contributed by atoms with Crippen LogP contribution in [0.15, 0.2) is 30.3 Å². The Morgan fingerprint density at radius 1 is 0.900 bits per heavy atom. The summed E-state index contributed by atoms with van der Waals surface area (Å²) in [5, 5.41) is 7.88. The second kappa shape index (κ2) is 16.5. The van der Waals surface area contributed by atoms with Gasteiger partial charge in [0.1, 0.15) is 30.3 Å². The van der Waals surface area contributed by atoms with Crippen LogP contribution < -0.4 is 21.7 Å². The smallest absolute Gasteiger partial charge is 0.408 e. The van der Waals surface area contributed by atoms with Crippen molar-refractivity contribution in [1.82, 2.24) is 16.0 Å². The predicted octanol–water partition coefficient (Wildman–Crippen LogP) is 2.95. The fourth-order valence-corrected chi connectivity index (χ4v) is 3.73. The van der Waals surface area contributed by atoms with Gasteiger partial charge in [-0.15, -0.1) is 0 Å². The van der Waals surface area contributed by atoms with E-state index >= 15 is 0 Å². The molecule has 1 aromatic carbocycles. The van der Waals surface area contributed by atoms with Gasteiger partial charge in [-0.05, 0) is 51.0 Å². The average Bonchev–Trinajstić information content (AvgIpc) is 2.86. The molecule has 0 aliphatic carbocycles. The summed E-state index contributed by atoms with van der Waals surface area (Å²) in [5.74, 6) is -2.78. The first kappa shape index (κ1) is 34.4. The van der Waals surface area contributed by atoms with Gasteiger partial charge in [-0.1, -0.05) is 64.4 Å². The van der Waals surface area contributed by atoms with Crippen molar-refractivity contribution < 1.29 is 33.4 Å². The van der Waals surface area contributed by atoms with Gasteiger partial charge in [0.05, 0.1) is 0 Å². The van der Waals surface area contributed by atoms with Crippen molar-refractivity contribution in [2.75, 3.05) is 0 Å². The summed E-state index contributed by atoms with van der Waals surface area (Å²) in [6.07, 6.45) is -0.100. The third kappa shape index (κ3) is 13.4. The van der Waals surface area contributed by atoms with E-state index in [-0.39, 0.29) is 37.7 Å². The van der Waals surface area contributed by atoms with Crippen LogP contribution in [-0.4, -0.2) is 53.5 Å². The van der Waals surface area contributed by atoms with E-state index in [0.29, 0.717) is 6.42 Å². The fourth-order valence-electron chi connectivity index (χ4n) is 3.73. The van der Waals surface area contributed by atoms with Crippen molar-refractivity contribution in [2.45, 2.75) is 104 Å². The number of hydrogen-bond donors (Lipinski definition) is 4. The number of hydrogen-bond acceptors (Lipinski definition) is 7.